The molecular formula is C27H33Cl2N3O3. The van der Waals surface area contributed by atoms with Gasteiger partial charge < -0.3 is 19.9 Å². The van der Waals surface area contributed by atoms with Gasteiger partial charge in [-0.3, -0.25) is 4.79 Å². The molecule has 35 heavy (non-hydrogen) atoms. The molecule has 6 nitrogen and oxygen atoms in total. The molecule has 2 aromatic carbocycles. The quantitative estimate of drug-likeness (QED) is 0.538. The van der Waals surface area contributed by atoms with E-state index in [2.05, 4.69) is 5.32 Å². The fraction of sp³-hybridized carbons (Fsp3) is 0.481. The molecule has 2 aliphatic rings. The molecule has 2 fully saturated rings. The molecule has 0 aliphatic carbocycles. The molecule has 4 rings (SSSR count). The maximum absolute atomic E-state index is 13.2. The van der Waals surface area contributed by atoms with Crippen molar-refractivity contribution in [1.82, 2.24) is 15.1 Å². The number of hydrogen-bond donors (Lipinski definition) is 1. The van der Waals surface area contributed by atoms with Crippen molar-refractivity contribution < 1.29 is 14.3 Å². The maximum atomic E-state index is 13.2. The third-order valence-electron chi connectivity index (χ3n) is 6.91. The van der Waals surface area contributed by atoms with Crippen LogP contribution >= 0.6 is 23.2 Å². The van der Waals surface area contributed by atoms with Gasteiger partial charge in [0.2, 0.25) is 5.91 Å². The molecule has 2 aliphatic heterocycles. The van der Waals surface area contributed by atoms with Crippen LogP contribution in [0.1, 0.15) is 38.7 Å². The molecule has 2 heterocycles. The summed E-state index contributed by atoms with van der Waals surface area (Å²) >= 11 is 13.4. The summed E-state index contributed by atoms with van der Waals surface area (Å²) in [4.78, 5) is 28.9. The number of hydrogen-bond acceptors (Lipinski definition) is 3. The Morgan fingerprint density at radius 2 is 1.66 bits per heavy atom. The average Bonchev–Trinajstić information content (AvgIpc) is 3.20. The summed E-state index contributed by atoms with van der Waals surface area (Å²) in [6.07, 6.45) is 3.06. The minimum atomic E-state index is -0.125. The number of ether oxygens (including phenoxy) is 1. The zero-order valence-electron chi connectivity index (χ0n) is 20.5. The lowest BCUT2D eigenvalue weighted by molar-refractivity contribution is -0.133. The molecule has 0 bridgehead atoms. The van der Waals surface area contributed by atoms with E-state index in [4.69, 9.17) is 27.9 Å². The fourth-order valence-electron chi connectivity index (χ4n) is 5.06. The Morgan fingerprint density at radius 3 is 2.23 bits per heavy atom. The van der Waals surface area contributed by atoms with Gasteiger partial charge in [-0.25, -0.2) is 4.79 Å². The zero-order valence-corrected chi connectivity index (χ0v) is 22.0. The number of likely N-dealkylation sites (tertiary alicyclic amines) is 2. The van der Waals surface area contributed by atoms with Gasteiger partial charge in [-0.2, -0.15) is 0 Å². The van der Waals surface area contributed by atoms with Gasteiger partial charge in [0, 0.05) is 48.7 Å². The summed E-state index contributed by atoms with van der Waals surface area (Å²) in [6, 6.07) is 11.8. The number of urea groups is 1. The molecule has 1 N–H and O–H groups in total. The molecule has 1 unspecified atom stereocenters. The molecule has 0 aromatic heterocycles. The highest BCUT2D eigenvalue weighted by molar-refractivity contribution is 6.36. The van der Waals surface area contributed by atoms with E-state index in [1.54, 1.807) is 11.9 Å². The van der Waals surface area contributed by atoms with Crippen LogP contribution in [0.2, 0.25) is 10.0 Å². The van der Waals surface area contributed by atoms with E-state index >= 15 is 0 Å². The lowest BCUT2D eigenvalue weighted by Crippen LogP contribution is -2.49. The van der Waals surface area contributed by atoms with Crippen LogP contribution in [0.4, 0.5) is 4.79 Å². The second-order valence-corrected chi connectivity index (χ2v) is 10.4. The van der Waals surface area contributed by atoms with Gasteiger partial charge in [-0.05, 0) is 80.5 Å². The van der Waals surface area contributed by atoms with Crippen LogP contribution in [0.5, 0.6) is 5.75 Å². The SMILES string of the molecule is CNC(=O)N1CCC(N2CCC(Cc3c(Cl)cc(-c4ccc(OC(C)C)cc4)cc3Cl)C2=O)CC1. The number of amides is 3. The van der Waals surface area contributed by atoms with Crippen molar-refractivity contribution in [2.75, 3.05) is 26.7 Å². The van der Waals surface area contributed by atoms with Crippen molar-refractivity contribution in [3.63, 3.8) is 0 Å². The number of carbonyl (C=O) groups excluding carboxylic acids is 2. The molecule has 188 valence electrons. The third-order valence-corrected chi connectivity index (χ3v) is 7.58. The molecule has 2 saturated heterocycles. The summed E-state index contributed by atoms with van der Waals surface area (Å²) < 4.78 is 5.72. The van der Waals surface area contributed by atoms with E-state index in [0.717, 1.165) is 48.2 Å². The summed E-state index contributed by atoms with van der Waals surface area (Å²) in [5.74, 6) is 0.863. The van der Waals surface area contributed by atoms with Gasteiger partial charge in [0.05, 0.1) is 6.10 Å². The number of rotatable bonds is 6. The molecule has 2 aromatic rings. The summed E-state index contributed by atoms with van der Waals surface area (Å²) in [5.41, 5.74) is 2.76. The first-order valence-electron chi connectivity index (χ1n) is 12.3. The van der Waals surface area contributed by atoms with E-state index in [9.17, 15) is 9.59 Å². The Balaban J connectivity index is 1.41. The number of nitrogens with one attached hydrogen (secondary N) is 1. The lowest BCUT2D eigenvalue weighted by Gasteiger charge is -2.36. The average molecular weight is 518 g/mol. The minimum absolute atomic E-state index is 0.0540. The normalized spacial score (nSPS) is 18.9. The van der Waals surface area contributed by atoms with Gasteiger partial charge in [0.25, 0.3) is 0 Å². The highest BCUT2D eigenvalue weighted by Gasteiger charge is 2.38. The molecule has 3 amide bonds. The Labute approximate surface area is 217 Å². The smallest absolute Gasteiger partial charge is 0.317 e. The topological polar surface area (TPSA) is 61.9 Å². The van der Waals surface area contributed by atoms with Crippen LogP contribution in [0.15, 0.2) is 36.4 Å². The van der Waals surface area contributed by atoms with Crippen molar-refractivity contribution >= 4 is 35.1 Å². The molecule has 8 heteroatoms. The zero-order chi connectivity index (χ0) is 25.1. The number of carbonyl (C=O) groups is 2. The second kappa shape index (κ2) is 11.1. The Hall–Kier alpha value is -2.44. The van der Waals surface area contributed by atoms with E-state index in [1.807, 2.05) is 55.1 Å². The van der Waals surface area contributed by atoms with Crippen molar-refractivity contribution in [3.05, 3.63) is 52.0 Å². The molecule has 0 saturated carbocycles. The Morgan fingerprint density at radius 1 is 1.03 bits per heavy atom. The van der Waals surface area contributed by atoms with Crippen LogP contribution in [-0.4, -0.2) is 60.6 Å². The van der Waals surface area contributed by atoms with Crippen LogP contribution in [0.3, 0.4) is 0 Å². The predicted molar refractivity (Wildman–Crippen MR) is 140 cm³/mol. The van der Waals surface area contributed by atoms with Crippen molar-refractivity contribution in [2.24, 2.45) is 5.92 Å². The lowest BCUT2D eigenvalue weighted by atomic mass is 9.95. The maximum Gasteiger partial charge on any atom is 0.317 e. The molecule has 0 spiro atoms. The highest BCUT2D eigenvalue weighted by Crippen LogP contribution is 2.36. The summed E-state index contributed by atoms with van der Waals surface area (Å²) in [6.45, 7) is 6.07. The Kier molecular flexibility index (Phi) is 8.12. The van der Waals surface area contributed by atoms with Gasteiger partial charge in [0.15, 0.2) is 0 Å². The highest BCUT2D eigenvalue weighted by atomic mass is 35.5. The van der Waals surface area contributed by atoms with Crippen molar-refractivity contribution in [3.8, 4) is 16.9 Å². The first-order chi connectivity index (χ1) is 16.8. The van der Waals surface area contributed by atoms with Crippen molar-refractivity contribution in [2.45, 2.75) is 51.7 Å². The van der Waals surface area contributed by atoms with Gasteiger partial charge in [-0.15, -0.1) is 0 Å². The fourth-order valence-corrected chi connectivity index (χ4v) is 5.70. The number of piperidine rings is 1. The Bertz CT molecular complexity index is 1040. The molecule has 0 radical (unpaired) electrons. The first-order valence-corrected chi connectivity index (χ1v) is 13.0. The third kappa shape index (κ3) is 5.87. The second-order valence-electron chi connectivity index (χ2n) is 9.60. The summed E-state index contributed by atoms with van der Waals surface area (Å²) in [5, 5.41) is 3.84. The van der Waals surface area contributed by atoms with Crippen LogP contribution in [-0.2, 0) is 11.2 Å². The van der Waals surface area contributed by atoms with Crippen LogP contribution in [0.25, 0.3) is 11.1 Å². The van der Waals surface area contributed by atoms with Crippen molar-refractivity contribution in [1.29, 1.82) is 0 Å². The number of halogens is 2. The van der Waals surface area contributed by atoms with E-state index in [-0.39, 0.29) is 30.0 Å². The standard InChI is InChI=1S/C27H33Cl2N3O3/c1-17(2)35-22-6-4-18(5-7-22)20-15-24(28)23(25(29)16-20)14-19-8-13-32(26(19)33)21-9-11-31(12-10-21)27(34)30-3/h4-7,15-17,19,21H,8-14H2,1-3H3,(H,30,34). The van der Waals surface area contributed by atoms with E-state index in [1.165, 1.54) is 0 Å². The van der Waals surface area contributed by atoms with Gasteiger partial charge in [0.1, 0.15) is 5.75 Å². The number of nitrogens with zero attached hydrogens (tertiary/aromatic N) is 2. The monoisotopic (exact) mass is 517 g/mol. The first kappa shape index (κ1) is 25.6. The molecule has 1 atom stereocenters. The predicted octanol–water partition coefficient (Wildman–Crippen LogP) is 5.64. The van der Waals surface area contributed by atoms with Gasteiger partial charge in [-0.1, -0.05) is 35.3 Å². The molecular weight excluding hydrogens is 485 g/mol. The van der Waals surface area contributed by atoms with Crippen LogP contribution < -0.4 is 10.1 Å². The largest absolute Gasteiger partial charge is 0.491 e. The minimum Gasteiger partial charge on any atom is -0.491 e. The van der Waals surface area contributed by atoms with E-state index in [0.29, 0.717) is 29.6 Å². The number of benzene rings is 2. The van der Waals surface area contributed by atoms with E-state index < -0.39 is 0 Å². The van der Waals surface area contributed by atoms with Crippen LogP contribution in [0, 0.1) is 5.92 Å². The van der Waals surface area contributed by atoms with Gasteiger partial charge >= 0.3 is 6.03 Å². The summed E-state index contributed by atoms with van der Waals surface area (Å²) in [7, 11) is 1.64.